The topological polar surface area (TPSA) is 51.2 Å². The summed E-state index contributed by atoms with van der Waals surface area (Å²) >= 11 is 0.508. The molecule has 0 fully saturated rings. The van der Waals surface area contributed by atoms with Gasteiger partial charge in [-0.2, -0.15) is 0 Å². The third kappa shape index (κ3) is 23.5. The van der Waals surface area contributed by atoms with E-state index >= 15 is 0 Å². The number of rotatable bonds is 4. The number of carbonyl (C=O) groups is 1. The average molecular weight is 216 g/mol. The van der Waals surface area contributed by atoms with Crippen molar-refractivity contribution in [1.29, 1.82) is 0 Å². The van der Waals surface area contributed by atoms with Crippen molar-refractivity contribution in [2.24, 2.45) is 0 Å². The zero-order valence-corrected chi connectivity index (χ0v) is 8.54. The summed E-state index contributed by atoms with van der Waals surface area (Å²) in [5, 5.41) is 1.14. The van der Waals surface area contributed by atoms with Crippen molar-refractivity contribution >= 4 is 6.29 Å². The molecule has 0 spiro atoms. The molecule has 0 N–H and O–H groups in total. The molecule has 0 saturated heterocycles. The van der Waals surface area contributed by atoms with Crippen LogP contribution in [0.25, 0.3) is 0 Å². The molecular formula is C5H9O3TiV. The molecule has 0 aliphatic carbocycles. The SMILES string of the molecule is O=CCCC[CH2][V].[O]=[Ti]=[O]. The molecule has 0 rings (SSSR count). The molecule has 0 aromatic carbocycles. The summed E-state index contributed by atoms with van der Waals surface area (Å²) in [6, 6.07) is 0. The van der Waals surface area contributed by atoms with Crippen molar-refractivity contribution < 1.29 is 48.0 Å². The molecule has 5 heteroatoms. The molecule has 0 unspecified atom stereocenters. The van der Waals surface area contributed by atoms with Crippen LogP contribution in [0, 0.1) is 0 Å². The fourth-order valence-electron chi connectivity index (χ4n) is 0.339. The summed E-state index contributed by atoms with van der Waals surface area (Å²) in [6.45, 7) is 0. The Hall–Kier alpha value is 0.569. The van der Waals surface area contributed by atoms with Gasteiger partial charge in [-0.15, -0.1) is 0 Å². The molecule has 3 nitrogen and oxygen atoms in total. The van der Waals surface area contributed by atoms with Crippen molar-refractivity contribution in [1.82, 2.24) is 0 Å². The molecule has 0 radical (unpaired) electrons. The predicted molar refractivity (Wildman–Crippen MR) is 26.1 cm³/mol. The van der Waals surface area contributed by atoms with Gasteiger partial charge >= 0.3 is 78.6 Å². The van der Waals surface area contributed by atoms with Crippen LogP contribution >= 0.6 is 0 Å². The Kier molecular flexibility index (Phi) is 21.5. The van der Waals surface area contributed by atoms with Gasteiger partial charge in [-0.1, -0.05) is 0 Å². The Morgan fingerprint density at radius 2 is 1.80 bits per heavy atom. The molecular weight excluding hydrogens is 207 g/mol. The Bertz CT molecular complexity index is 101. The Morgan fingerprint density at radius 3 is 2.10 bits per heavy atom. The molecule has 10 heavy (non-hydrogen) atoms. The van der Waals surface area contributed by atoms with Crippen molar-refractivity contribution in [3.63, 3.8) is 0 Å². The second kappa shape index (κ2) is 16.3. The van der Waals surface area contributed by atoms with Crippen LogP contribution in [0.1, 0.15) is 19.3 Å². The van der Waals surface area contributed by atoms with Crippen molar-refractivity contribution in [3.8, 4) is 0 Å². The number of unbranched alkanes of at least 4 members (excludes halogenated alkanes) is 2. The minimum atomic E-state index is -2.00. The number of hydrogen-bond donors (Lipinski definition) is 0. The minimum absolute atomic E-state index is 0.734. The van der Waals surface area contributed by atoms with Crippen molar-refractivity contribution in [2.75, 3.05) is 0 Å². The molecule has 0 aliphatic heterocycles. The van der Waals surface area contributed by atoms with E-state index in [0.717, 1.165) is 24.3 Å². The van der Waals surface area contributed by atoms with Gasteiger partial charge in [0.2, 0.25) is 0 Å². The Morgan fingerprint density at radius 1 is 1.30 bits per heavy atom. The summed E-state index contributed by atoms with van der Waals surface area (Å²) in [5.74, 6) is 0. The van der Waals surface area contributed by atoms with Gasteiger partial charge in [0.05, 0.1) is 0 Å². The van der Waals surface area contributed by atoms with Gasteiger partial charge in [0.15, 0.2) is 0 Å². The molecule has 56 valence electrons. The van der Waals surface area contributed by atoms with Crippen LogP contribution in [0.5, 0.6) is 0 Å². The van der Waals surface area contributed by atoms with E-state index in [4.69, 9.17) is 6.65 Å². The standard InChI is InChI=1S/C5H9O.2O.Ti.V/c1-2-3-4-5-6;;;;/h5H,1-4H2;;;;. The molecule has 0 bridgehead atoms. The second-order valence-corrected chi connectivity index (χ2v) is 2.43. The first-order chi connectivity index (χ1) is 4.83. The van der Waals surface area contributed by atoms with Crippen LogP contribution in [0.3, 0.4) is 0 Å². The van der Waals surface area contributed by atoms with Crippen LogP contribution in [0.2, 0.25) is 5.13 Å². The third-order valence-electron chi connectivity index (χ3n) is 0.730. The van der Waals surface area contributed by atoms with Crippen LogP contribution in [0.15, 0.2) is 0 Å². The fourth-order valence-corrected chi connectivity index (χ4v) is 0.689. The van der Waals surface area contributed by atoms with Gasteiger partial charge in [0.1, 0.15) is 0 Å². The quantitative estimate of drug-likeness (QED) is 0.401. The number of hydrogen-bond acceptors (Lipinski definition) is 3. The summed E-state index contributed by atoms with van der Waals surface area (Å²) in [6.07, 6.45) is 3.93. The monoisotopic (exact) mass is 216 g/mol. The van der Waals surface area contributed by atoms with Gasteiger partial charge in [0, 0.05) is 0 Å². The van der Waals surface area contributed by atoms with E-state index in [1.807, 2.05) is 0 Å². The van der Waals surface area contributed by atoms with Crippen LogP contribution in [0.4, 0.5) is 0 Å². The van der Waals surface area contributed by atoms with E-state index in [9.17, 15) is 4.79 Å². The first-order valence-electron chi connectivity index (χ1n) is 2.87. The van der Waals surface area contributed by atoms with Gasteiger partial charge < -0.3 is 0 Å². The van der Waals surface area contributed by atoms with Gasteiger partial charge in [-0.3, -0.25) is 0 Å². The number of aldehydes is 1. The number of carbonyl (C=O) groups excluding carboxylic acids is 1. The molecule has 0 saturated carbocycles. The van der Waals surface area contributed by atoms with E-state index in [-0.39, 0.29) is 0 Å². The summed E-state index contributed by atoms with van der Waals surface area (Å²) in [5.41, 5.74) is 0. The van der Waals surface area contributed by atoms with Crippen LogP contribution in [-0.2, 0) is 48.0 Å². The molecule has 0 aromatic heterocycles. The normalized spacial score (nSPS) is 6.80. The first kappa shape index (κ1) is 13.2. The zero-order chi connectivity index (χ0) is 8.24. The first-order valence-corrected chi connectivity index (χ1v) is 5.13. The van der Waals surface area contributed by atoms with Gasteiger partial charge in [-0.05, 0) is 0 Å². The molecule has 0 heterocycles. The summed E-state index contributed by atoms with van der Waals surface area (Å²) < 4.78 is 17.0. The zero-order valence-electron chi connectivity index (χ0n) is 5.58. The summed E-state index contributed by atoms with van der Waals surface area (Å²) in [7, 11) is 0. The van der Waals surface area contributed by atoms with Crippen molar-refractivity contribution in [2.45, 2.75) is 24.4 Å². The van der Waals surface area contributed by atoms with Crippen molar-refractivity contribution in [3.05, 3.63) is 0 Å². The van der Waals surface area contributed by atoms with E-state index in [2.05, 4.69) is 17.4 Å². The molecule has 0 amide bonds. The molecule has 0 aliphatic rings. The predicted octanol–water partition coefficient (Wildman–Crippen LogP) is 1.08. The molecule has 0 atom stereocenters. The third-order valence-corrected chi connectivity index (χ3v) is 1.22. The molecule has 0 aromatic rings. The van der Waals surface area contributed by atoms with Gasteiger partial charge in [-0.25, -0.2) is 0 Å². The second-order valence-electron chi connectivity index (χ2n) is 1.47. The Balaban J connectivity index is 0. The maximum absolute atomic E-state index is 9.67. The van der Waals surface area contributed by atoms with Gasteiger partial charge in [0.25, 0.3) is 0 Å². The van der Waals surface area contributed by atoms with Crippen LogP contribution in [-0.4, -0.2) is 6.29 Å². The maximum atomic E-state index is 9.67. The van der Waals surface area contributed by atoms with E-state index in [1.54, 1.807) is 0 Å². The Labute approximate surface area is 78.5 Å². The van der Waals surface area contributed by atoms with E-state index < -0.39 is 19.1 Å². The fraction of sp³-hybridized carbons (Fsp3) is 0.800. The van der Waals surface area contributed by atoms with E-state index in [1.165, 1.54) is 6.42 Å². The van der Waals surface area contributed by atoms with Crippen LogP contribution < -0.4 is 0 Å². The summed E-state index contributed by atoms with van der Waals surface area (Å²) in [4.78, 5) is 9.67. The van der Waals surface area contributed by atoms with E-state index in [0.29, 0.717) is 0 Å². The average Bonchev–Trinajstić information content (AvgIpc) is 1.91.